The first kappa shape index (κ1) is 17.1. The molecule has 0 bridgehead atoms. The molecule has 2 aliphatic heterocycles. The van der Waals surface area contributed by atoms with Gasteiger partial charge in [0, 0.05) is 51.0 Å². The van der Waals surface area contributed by atoms with Gasteiger partial charge in [-0.2, -0.15) is 0 Å². The lowest BCUT2D eigenvalue weighted by Gasteiger charge is -2.35. The van der Waals surface area contributed by atoms with Crippen LogP contribution in [0.15, 0.2) is 0 Å². The van der Waals surface area contributed by atoms with E-state index in [1.807, 2.05) is 0 Å². The zero-order valence-corrected chi connectivity index (χ0v) is 13.7. The maximum absolute atomic E-state index is 13.2. The number of nitrogens with zero attached hydrogens (tertiary/aromatic N) is 1. The predicted molar refractivity (Wildman–Crippen MR) is 83.4 cm³/mol. The Morgan fingerprint density at radius 2 is 1.83 bits per heavy atom. The molecule has 1 saturated carbocycles. The van der Waals surface area contributed by atoms with Gasteiger partial charge in [0.2, 0.25) is 11.8 Å². The zero-order chi connectivity index (χ0) is 16.3. The average Bonchev–Trinajstić information content (AvgIpc) is 3.02. The second kappa shape index (κ2) is 7.43. The number of likely N-dealkylation sites (tertiary alicyclic amines) is 1. The minimum atomic E-state index is -2.56. The van der Waals surface area contributed by atoms with Crippen LogP contribution in [0, 0.1) is 11.8 Å². The van der Waals surface area contributed by atoms with E-state index in [2.05, 4.69) is 10.2 Å². The third kappa shape index (κ3) is 4.86. The van der Waals surface area contributed by atoms with E-state index in [1.54, 1.807) is 0 Å². The van der Waals surface area contributed by atoms with Crippen molar-refractivity contribution in [2.75, 3.05) is 32.8 Å². The van der Waals surface area contributed by atoms with Crippen LogP contribution in [0.5, 0.6) is 0 Å². The van der Waals surface area contributed by atoms with E-state index >= 15 is 0 Å². The van der Waals surface area contributed by atoms with Crippen LogP contribution in [-0.2, 0) is 9.53 Å². The van der Waals surface area contributed by atoms with E-state index in [0.717, 1.165) is 52.1 Å². The number of hydrogen-bond donors (Lipinski definition) is 1. The Labute approximate surface area is 136 Å². The van der Waals surface area contributed by atoms with Crippen molar-refractivity contribution in [3.63, 3.8) is 0 Å². The topological polar surface area (TPSA) is 41.6 Å². The fourth-order valence-corrected chi connectivity index (χ4v) is 3.97. The van der Waals surface area contributed by atoms with Crippen molar-refractivity contribution in [2.24, 2.45) is 11.8 Å². The van der Waals surface area contributed by atoms with Gasteiger partial charge in [-0.3, -0.25) is 4.79 Å². The second-order valence-corrected chi connectivity index (χ2v) is 7.44. The number of amides is 1. The van der Waals surface area contributed by atoms with Crippen molar-refractivity contribution in [3.8, 4) is 0 Å². The average molecular weight is 330 g/mol. The largest absolute Gasteiger partial charge is 0.381 e. The maximum atomic E-state index is 13.2. The van der Waals surface area contributed by atoms with Gasteiger partial charge in [0.1, 0.15) is 0 Å². The molecule has 1 amide bonds. The molecule has 0 radical (unpaired) electrons. The quantitative estimate of drug-likeness (QED) is 0.861. The van der Waals surface area contributed by atoms with Crippen LogP contribution in [0.25, 0.3) is 0 Å². The first-order valence-corrected chi connectivity index (χ1v) is 9.00. The number of piperidine rings is 1. The van der Waals surface area contributed by atoms with Gasteiger partial charge in [0.15, 0.2) is 0 Å². The van der Waals surface area contributed by atoms with Crippen LogP contribution < -0.4 is 5.32 Å². The predicted octanol–water partition coefficient (Wildman–Crippen LogP) is 2.43. The zero-order valence-electron chi connectivity index (χ0n) is 13.7. The molecule has 6 heteroatoms. The summed E-state index contributed by atoms with van der Waals surface area (Å²) in [7, 11) is 0. The summed E-state index contributed by atoms with van der Waals surface area (Å²) in [5.74, 6) is -2.14. The Morgan fingerprint density at radius 1 is 1.13 bits per heavy atom. The molecule has 1 atom stereocenters. The van der Waals surface area contributed by atoms with Crippen molar-refractivity contribution in [2.45, 2.75) is 56.9 Å². The molecule has 4 nitrogen and oxygen atoms in total. The van der Waals surface area contributed by atoms with E-state index in [4.69, 9.17) is 4.74 Å². The fraction of sp³-hybridized carbons (Fsp3) is 0.941. The Kier molecular flexibility index (Phi) is 5.52. The summed E-state index contributed by atoms with van der Waals surface area (Å²) >= 11 is 0. The van der Waals surface area contributed by atoms with Gasteiger partial charge < -0.3 is 15.0 Å². The van der Waals surface area contributed by atoms with Gasteiger partial charge in [0.05, 0.1) is 6.61 Å². The van der Waals surface area contributed by atoms with Crippen LogP contribution in [0.1, 0.15) is 44.9 Å². The highest BCUT2D eigenvalue weighted by molar-refractivity contribution is 5.79. The lowest BCUT2D eigenvalue weighted by molar-refractivity contribution is -0.130. The summed E-state index contributed by atoms with van der Waals surface area (Å²) in [4.78, 5) is 14.7. The first-order chi connectivity index (χ1) is 11.0. The molecule has 3 aliphatic rings. The van der Waals surface area contributed by atoms with Crippen molar-refractivity contribution < 1.29 is 18.3 Å². The van der Waals surface area contributed by atoms with E-state index in [1.165, 1.54) is 0 Å². The molecule has 2 heterocycles. The SMILES string of the molecule is O=C(NC1CCN(C[C@@H]2CCOC2)CC1)C1CCC(F)(F)CC1. The van der Waals surface area contributed by atoms with Crippen molar-refractivity contribution in [1.82, 2.24) is 10.2 Å². The second-order valence-electron chi connectivity index (χ2n) is 7.44. The van der Waals surface area contributed by atoms with Crippen molar-refractivity contribution in [3.05, 3.63) is 0 Å². The highest BCUT2D eigenvalue weighted by Gasteiger charge is 2.38. The number of rotatable bonds is 4. The van der Waals surface area contributed by atoms with Crippen LogP contribution in [0.4, 0.5) is 8.78 Å². The van der Waals surface area contributed by atoms with Crippen LogP contribution >= 0.6 is 0 Å². The highest BCUT2D eigenvalue weighted by Crippen LogP contribution is 2.36. The molecule has 3 rings (SSSR count). The molecule has 0 unspecified atom stereocenters. The van der Waals surface area contributed by atoms with Gasteiger partial charge in [-0.1, -0.05) is 0 Å². The standard InChI is InChI=1S/C17H28F2N2O2/c18-17(19)6-1-14(2-7-17)16(22)20-15-3-8-21(9-4-15)11-13-5-10-23-12-13/h13-15H,1-12H2,(H,20,22)/t13-/m0/s1. The molecule has 0 aromatic heterocycles. The number of hydrogen-bond acceptors (Lipinski definition) is 3. The van der Waals surface area contributed by atoms with E-state index in [9.17, 15) is 13.6 Å². The Morgan fingerprint density at radius 3 is 2.43 bits per heavy atom. The van der Waals surface area contributed by atoms with Gasteiger partial charge in [0.25, 0.3) is 0 Å². The molecule has 1 N–H and O–H groups in total. The Bertz CT molecular complexity index is 395. The molecule has 3 fully saturated rings. The first-order valence-electron chi connectivity index (χ1n) is 9.00. The minimum absolute atomic E-state index is 0.0110. The number of alkyl halides is 2. The molecule has 0 aromatic rings. The van der Waals surface area contributed by atoms with Crippen LogP contribution in [0.3, 0.4) is 0 Å². The maximum Gasteiger partial charge on any atom is 0.248 e. The lowest BCUT2D eigenvalue weighted by Crippen LogP contribution is -2.48. The highest BCUT2D eigenvalue weighted by atomic mass is 19.3. The summed E-state index contributed by atoms with van der Waals surface area (Å²) in [6.07, 6.45) is 3.42. The molecule has 2 saturated heterocycles. The van der Waals surface area contributed by atoms with Crippen molar-refractivity contribution in [1.29, 1.82) is 0 Å². The smallest absolute Gasteiger partial charge is 0.248 e. The molecule has 23 heavy (non-hydrogen) atoms. The number of carbonyl (C=O) groups is 1. The summed E-state index contributed by atoms with van der Waals surface area (Å²) < 4.78 is 31.7. The Hall–Kier alpha value is -0.750. The van der Waals surface area contributed by atoms with Gasteiger partial charge in [-0.05, 0) is 38.0 Å². The third-order valence-corrected chi connectivity index (χ3v) is 5.56. The summed E-state index contributed by atoms with van der Waals surface area (Å²) in [5.41, 5.74) is 0. The number of nitrogens with one attached hydrogen (secondary N) is 1. The van der Waals surface area contributed by atoms with E-state index in [-0.39, 0.29) is 30.7 Å². The number of halogens is 2. The molecular weight excluding hydrogens is 302 g/mol. The van der Waals surface area contributed by atoms with E-state index in [0.29, 0.717) is 18.8 Å². The van der Waals surface area contributed by atoms with Gasteiger partial charge >= 0.3 is 0 Å². The molecular formula is C17H28F2N2O2. The van der Waals surface area contributed by atoms with Crippen LogP contribution in [-0.4, -0.2) is 55.6 Å². The normalized spacial score (nSPS) is 30.4. The lowest BCUT2D eigenvalue weighted by atomic mass is 9.86. The van der Waals surface area contributed by atoms with E-state index < -0.39 is 5.92 Å². The Balaban J connectivity index is 1.36. The third-order valence-electron chi connectivity index (χ3n) is 5.56. The molecule has 0 aromatic carbocycles. The molecule has 0 spiro atoms. The van der Waals surface area contributed by atoms with Gasteiger partial charge in [-0.15, -0.1) is 0 Å². The van der Waals surface area contributed by atoms with Crippen LogP contribution in [0.2, 0.25) is 0 Å². The minimum Gasteiger partial charge on any atom is -0.381 e. The molecule has 132 valence electrons. The summed E-state index contributed by atoms with van der Waals surface area (Å²) in [6, 6.07) is 0.209. The fourth-order valence-electron chi connectivity index (χ4n) is 3.97. The van der Waals surface area contributed by atoms with Gasteiger partial charge in [-0.25, -0.2) is 8.78 Å². The summed E-state index contributed by atoms with van der Waals surface area (Å²) in [6.45, 7) is 4.87. The number of carbonyl (C=O) groups excluding carboxylic acids is 1. The monoisotopic (exact) mass is 330 g/mol. The van der Waals surface area contributed by atoms with Crippen molar-refractivity contribution >= 4 is 5.91 Å². The molecule has 1 aliphatic carbocycles. The number of ether oxygens (including phenoxy) is 1. The summed E-state index contributed by atoms with van der Waals surface area (Å²) in [5, 5.41) is 3.09.